The van der Waals surface area contributed by atoms with Crippen LogP contribution in [0.5, 0.6) is 11.6 Å². The maximum atomic E-state index is 13.6. The van der Waals surface area contributed by atoms with Crippen LogP contribution in [0.15, 0.2) is 49.2 Å². The third-order valence-electron chi connectivity index (χ3n) is 5.53. The van der Waals surface area contributed by atoms with Crippen molar-refractivity contribution in [3.05, 3.63) is 66.1 Å². The molecule has 3 heterocycles. The molecule has 13 heteroatoms. The normalized spacial score (nSPS) is 11.3. The number of ether oxygens (including phenoxy) is 2. The smallest absolute Gasteiger partial charge is 0.416 e. The van der Waals surface area contributed by atoms with Crippen LogP contribution < -0.4 is 20.1 Å². The van der Waals surface area contributed by atoms with Crippen LogP contribution in [-0.4, -0.2) is 44.3 Å². The summed E-state index contributed by atoms with van der Waals surface area (Å²) in [5.74, 6) is 1.12. The molecule has 0 unspecified atom stereocenters. The zero-order valence-corrected chi connectivity index (χ0v) is 21.6. The third kappa shape index (κ3) is 6.43. The monoisotopic (exact) mass is 541 g/mol. The molecule has 0 radical (unpaired) electrons. The number of pyridine rings is 1. The van der Waals surface area contributed by atoms with E-state index in [-0.39, 0.29) is 11.4 Å². The lowest BCUT2D eigenvalue weighted by Gasteiger charge is -2.15. The average Bonchev–Trinajstić information content (AvgIpc) is 3.34. The van der Waals surface area contributed by atoms with Gasteiger partial charge in [0.2, 0.25) is 0 Å². The van der Waals surface area contributed by atoms with Crippen LogP contribution in [0.3, 0.4) is 0 Å². The molecule has 39 heavy (non-hydrogen) atoms. The Morgan fingerprint density at radius 1 is 1.05 bits per heavy atom. The van der Waals surface area contributed by atoms with Crippen LogP contribution in [0.1, 0.15) is 30.8 Å². The van der Waals surface area contributed by atoms with Gasteiger partial charge < -0.3 is 24.7 Å². The Hall–Kier alpha value is -4.68. The number of urea groups is 1. The van der Waals surface area contributed by atoms with Gasteiger partial charge in [-0.15, -0.1) is 0 Å². The molecule has 0 saturated carbocycles. The van der Waals surface area contributed by atoms with Gasteiger partial charge in [0.25, 0.3) is 5.88 Å². The van der Waals surface area contributed by atoms with Gasteiger partial charge in [-0.2, -0.15) is 13.2 Å². The molecule has 10 nitrogen and oxygen atoms in total. The van der Waals surface area contributed by atoms with Crippen LogP contribution in [0.4, 0.5) is 29.3 Å². The van der Waals surface area contributed by atoms with Crippen molar-refractivity contribution in [2.24, 2.45) is 0 Å². The minimum absolute atomic E-state index is 0.0491. The second-order valence-electron chi connectivity index (χ2n) is 8.34. The third-order valence-corrected chi connectivity index (χ3v) is 5.53. The highest BCUT2D eigenvalue weighted by Gasteiger charge is 2.31. The minimum atomic E-state index is -4.62. The molecule has 0 aliphatic rings. The first-order chi connectivity index (χ1) is 18.6. The number of anilines is 2. The molecule has 0 saturated heterocycles. The number of aromatic nitrogens is 5. The van der Waals surface area contributed by atoms with Gasteiger partial charge in [-0.05, 0) is 44.5 Å². The van der Waals surface area contributed by atoms with Crippen LogP contribution >= 0.6 is 0 Å². The SMILES string of the molecule is CCOc1cc(-c2ncc(NC(=O)Nc3cc(-n4cnc(C)c4)cc(C(F)(F)F)c3)c(CC)n2)cnc1OC. The van der Waals surface area contributed by atoms with Crippen molar-refractivity contribution in [2.45, 2.75) is 33.4 Å². The number of nitrogens with one attached hydrogen (secondary N) is 2. The molecule has 2 N–H and O–H groups in total. The number of rotatable bonds is 8. The van der Waals surface area contributed by atoms with E-state index in [0.717, 1.165) is 12.1 Å². The second-order valence-corrected chi connectivity index (χ2v) is 8.34. The van der Waals surface area contributed by atoms with E-state index in [9.17, 15) is 18.0 Å². The lowest BCUT2D eigenvalue weighted by molar-refractivity contribution is -0.137. The number of methoxy groups -OCH3 is 1. The molecular weight excluding hydrogens is 515 g/mol. The van der Waals surface area contributed by atoms with Gasteiger partial charge in [0.15, 0.2) is 11.6 Å². The summed E-state index contributed by atoms with van der Waals surface area (Å²) < 4.78 is 52.9. The summed E-state index contributed by atoms with van der Waals surface area (Å²) in [5.41, 5.74) is 1.27. The van der Waals surface area contributed by atoms with E-state index >= 15 is 0 Å². The molecule has 0 spiro atoms. The van der Waals surface area contributed by atoms with Gasteiger partial charge in [0, 0.05) is 29.3 Å². The Morgan fingerprint density at radius 2 is 1.85 bits per heavy atom. The maximum Gasteiger partial charge on any atom is 0.416 e. The number of carbonyl (C=O) groups excluding carboxylic acids is 1. The van der Waals surface area contributed by atoms with Gasteiger partial charge in [-0.1, -0.05) is 6.92 Å². The minimum Gasteiger partial charge on any atom is -0.488 e. The maximum absolute atomic E-state index is 13.6. The van der Waals surface area contributed by atoms with Gasteiger partial charge in [0.05, 0.1) is 48.9 Å². The Kier molecular flexibility index (Phi) is 7.98. The molecule has 0 bridgehead atoms. The number of hydrogen-bond acceptors (Lipinski definition) is 7. The molecule has 3 aromatic heterocycles. The molecular formula is C26H26F3N7O3. The summed E-state index contributed by atoms with van der Waals surface area (Å²) >= 11 is 0. The Morgan fingerprint density at radius 3 is 2.49 bits per heavy atom. The Labute approximate surface area is 222 Å². The number of imidazole rings is 1. The lowest BCUT2D eigenvalue weighted by Crippen LogP contribution is -2.21. The van der Waals surface area contributed by atoms with Crippen LogP contribution in [0.25, 0.3) is 17.1 Å². The van der Waals surface area contributed by atoms with Gasteiger partial charge in [0.1, 0.15) is 0 Å². The number of alkyl halides is 3. The lowest BCUT2D eigenvalue weighted by atomic mass is 10.1. The van der Waals surface area contributed by atoms with Crippen LogP contribution in [-0.2, 0) is 12.6 Å². The molecule has 0 aliphatic heterocycles. The quantitative estimate of drug-likeness (QED) is 0.295. The summed E-state index contributed by atoms with van der Waals surface area (Å²) in [6.45, 7) is 5.82. The highest BCUT2D eigenvalue weighted by molar-refractivity contribution is 6.00. The largest absolute Gasteiger partial charge is 0.488 e. The van der Waals surface area contributed by atoms with Crippen molar-refractivity contribution < 1.29 is 27.4 Å². The number of amides is 2. The van der Waals surface area contributed by atoms with E-state index < -0.39 is 17.8 Å². The van der Waals surface area contributed by atoms with E-state index in [1.165, 1.54) is 30.3 Å². The second kappa shape index (κ2) is 11.4. The number of benzene rings is 1. The highest BCUT2D eigenvalue weighted by atomic mass is 19.4. The first-order valence-electron chi connectivity index (χ1n) is 12.0. The fourth-order valence-corrected chi connectivity index (χ4v) is 3.74. The molecule has 4 rings (SSSR count). The van der Waals surface area contributed by atoms with Crippen LogP contribution in [0, 0.1) is 6.92 Å². The zero-order chi connectivity index (χ0) is 28.2. The fraction of sp³-hybridized carbons (Fsp3) is 0.269. The van der Waals surface area contributed by atoms with Gasteiger partial charge >= 0.3 is 12.2 Å². The summed E-state index contributed by atoms with van der Waals surface area (Å²) in [5, 5.41) is 5.10. The number of carbonyl (C=O) groups is 1. The summed E-state index contributed by atoms with van der Waals surface area (Å²) in [4.78, 5) is 29.9. The van der Waals surface area contributed by atoms with Crippen molar-refractivity contribution in [1.82, 2.24) is 24.5 Å². The standard InChI is InChI=1S/C26H26F3N7O3/c1-5-20-21(12-30-23(34-20)16-7-22(39-6-2)24(38-4)31-11-16)35-25(37)33-18-8-17(26(27,28)29)9-19(10-18)36-13-15(3)32-14-36/h7-14H,5-6H2,1-4H3,(H2,33,35,37). The van der Waals surface area contributed by atoms with Crippen molar-refractivity contribution in [1.29, 1.82) is 0 Å². The van der Waals surface area contributed by atoms with E-state index in [1.807, 2.05) is 13.8 Å². The number of halogens is 3. The zero-order valence-electron chi connectivity index (χ0n) is 21.6. The molecule has 0 atom stereocenters. The van der Waals surface area contributed by atoms with Crippen molar-refractivity contribution in [3.63, 3.8) is 0 Å². The predicted octanol–water partition coefficient (Wildman–Crippen LogP) is 5.67. The summed E-state index contributed by atoms with van der Waals surface area (Å²) in [6, 6.07) is 4.22. The molecule has 2 amide bonds. The van der Waals surface area contributed by atoms with Crippen molar-refractivity contribution >= 4 is 17.4 Å². The van der Waals surface area contributed by atoms with Crippen molar-refractivity contribution in [3.8, 4) is 28.7 Å². The molecule has 1 aromatic carbocycles. The Bertz CT molecular complexity index is 1490. The van der Waals surface area contributed by atoms with E-state index in [1.54, 1.807) is 25.4 Å². The number of aryl methyl sites for hydroxylation is 2. The molecule has 0 aliphatic carbocycles. The van der Waals surface area contributed by atoms with Crippen molar-refractivity contribution in [2.75, 3.05) is 24.4 Å². The van der Waals surface area contributed by atoms with Gasteiger partial charge in [-0.3, -0.25) is 0 Å². The highest BCUT2D eigenvalue weighted by Crippen LogP contribution is 2.33. The fourth-order valence-electron chi connectivity index (χ4n) is 3.74. The molecule has 4 aromatic rings. The molecule has 204 valence electrons. The summed E-state index contributed by atoms with van der Waals surface area (Å²) in [6.07, 6.45) is 1.79. The van der Waals surface area contributed by atoms with Crippen LogP contribution in [0.2, 0.25) is 0 Å². The van der Waals surface area contributed by atoms with E-state index in [2.05, 4.69) is 30.6 Å². The number of hydrogen-bond donors (Lipinski definition) is 2. The number of nitrogens with zero attached hydrogens (tertiary/aromatic N) is 5. The first kappa shape index (κ1) is 27.4. The topological polar surface area (TPSA) is 116 Å². The van der Waals surface area contributed by atoms with E-state index in [4.69, 9.17) is 9.47 Å². The van der Waals surface area contributed by atoms with Gasteiger partial charge in [-0.25, -0.2) is 24.7 Å². The predicted molar refractivity (Wildman–Crippen MR) is 138 cm³/mol. The average molecular weight is 542 g/mol. The first-order valence-corrected chi connectivity index (χ1v) is 12.0. The summed E-state index contributed by atoms with van der Waals surface area (Å²) in [7, 11) is 1.49. The van der Waals surface area contributed by atoms with E-state index in [0.29, 0.717) is 53.1 Å². The Balaban J connectivity index is 1.57. The molecule has 0 fully saturated rings.